The van der Waals surface area contributed by atoms with Crippen molar-refractivity contribution in [1.82, 2.24) is 9.88 Å². The highest BCUT2D eigenvalue weighted by Gasteiger charge is 2.13. The molecule has 0 aliphatic heterocycles. The summed E-state index contributed by atoms with van der Waals surface area (Å²) in [5.41, 5.74) is 4.11. The van der Waals surface area contributed by atoms with Crippen LogP contribution in [0.4, 0.5) is 5.69 Å². The Morgan fingerprint density at radius 1 is 1.21 bits per heavy atom. The van der Waals surface area contributed by atoms with E-state index in [4.69, 9.17) is 0 Å². The number of hydrogen-bond donors (Lipinski definition) is 1. The van der Waals surface area contributed by atoms with E-state index in [0.29, 0.717) is 0 Å². The van der Waals surface area contributed by atoms with Crippen LogP contribution in [0.25, 0.3) is 0 Å². The molecule has 0 spiro atoms. The van der Waals surface area contributed by atoms with Crippen LogP contribution in [-0.4, -0.2) is 36.1 Å². The summed E-state index contributed by atoms with van der Waals surface area (Å²) in [6.45, 7) is 9.02. The second-order valence-corrected chi connectivity index (χ2v) is 5.30. The van der Waals surface area contributed by atoms with Crippen molar-refractivity contribution in [3.63, 3.8) is 0 Å². The van der Waals surface area contributed by atoms with Gasteiger partial charge in [0, 0.05) is 24.1 Å². The molecule has 1 aromatic rings. The van der Waals surface area contributed by atoms with Gasteiger partial charge < -0.3 is 10.2 Å². The van der Waals surface area contributed by atoms with E-state index in [0.717, 1.165) is 26.1 Å². The second-order valence-electron chi connectivity index (χ2n) is 5.30. The summed E-state index contributed by atoms with van der Waals surface area (Å²) in [5, 5.41) is 3.61. The second kappa shape index (κ2) is 7.49. The van der Waals surface area contributed by atoms with Gasteiger partial charge in [0.25, 0.3) is 0 Å². The minimum atomic E-state index is 1.06. The first-order chi connectivity index (χ1) is 9.35. The highest BCUT2D eigenvalue weighted by atomic mass is 15.1. The maximum atomic E-state index is 4.51. The summed E-state index contributed by atoms with van der Waals surface area (Å²) >= 11 is 0. The Kier molecular flexibility index (Phi) is 5.64. The third kappa shape index (κ3) is 3.93. The molecule has 2 rings (SSSR count). The lowest BCUT2D eigenvalue weighted by atomic mass is 9.95. The molecule has 1 aromatic heterocycles. The van der Waals surface area contributed by atoms with Crippen molar-refractivity contribution in [3.8, 4) is 0 Å². The molecule has 0 fully saturated rings. The number of aromatic nitrogens is 1. The highest BCUT2D eigenvalue weighted by molar-refractivity contribution is 5.53. The molecule has 3 nitrogen and oxygen atoms in total. The smallest absolute Gasteiger partial charge is 0.0456 e. The molecular weight excluding hydrogens is 234 g/mol. The lowest BCUT2D eigenvalue weighted by Gasteiger charge is -2.20. The van der Waals surface area contributed by atoms with Crippen LogP contribution in [0.5, 0.6) is 0 Å². The summed E-state index contributed by atoms with van der Waals surface area (Å²) < 4.78 is 0. The molecule has 3 heteroatoms. The van der Waals surface area contributed by atoms with Gasteiger partial charge in [-0.05, 0) is 63.4 Å². The van der Waals surface area contributed by atoms with E-state index in [1.807, 2.05) is 6.20 Å². The SMILES string of the molecule is CCN(CC)CCCNc1ccnc2c1CCCC2. The normalized spacial score (nSPS) is 14.5. The first-order valence-electron chi connectivity index (χ1n) is 7.78. The Morgan fingerprint density at radius 3 is 2.79 bits per heavy atom. The zero-order valence-electron chi connectivity index (χ0n) is 12.4. The summed E-state index contributed by atoms with van der Waals surface area (Å²) in [4.78, 5) is 6.99. The van der Waals surface area contributed by atoms with Crippen LogP contribution in [-0.2, 0) is 12.8 Å². The van der Waals surface area contributed by atoms with Crippen LogP contribution in [0.3, 0.4) is 0 Å². The van der Waals surface area contributed by atoms with Crippen LogP contribution in [0.2, 0.25) is 0 Å². The van der Waals surface area contributed by atoms with E-state index < -0.39 is 0 Å². The minimum absolute atomic E-state index is 1.06. The molecule has 1 aliphatic carbocycles. The molecule has 0 aromatic carbocycles. The summed E-state index contributed by atoms with van der Waals surface area (Å²) in [6, 6.07) is 2.14. The van der Waals surface area contributed by atoms with Gasteiger partial charge in [0.05, 0.1) is 0 Å². The van der Waals surface area contributed by atoms with E-state index in [1.54, 1.807) is 0 Å². The minimum Gasteiger partial charge on any atom is -0.385 e. The number of nitrogens with one attached hydrogen (secondary N) is 1. The zero-order chi connectivity index (χ0) is 13.5. The first kappa shape index (κ1) is 14.3. The maximum absolute atomic E-state index is 4.51. The first-order valence-corrected chi connectivity index (χ1v) is 7.78. The van der Waals surface area contributed by atoms with Crippen LogP contribution in [0.15, 0.2) is 12.3 Å². The number of fused-ring (bicyclic) bond motifs is 1. The Labute approximate surface area is 117 Å². The Bertz CT molecular complexity index is 386. The summed E-state index contributed by atoms with van der Waals surface area (Å²) in [7, 11) is 0. The molecule has 1 aliphatic rings. The fourth-order valence-electron chi connectivity index (χ4n) is 2.86. The van der Waals surface area contributed by atoms with Crippen molar-refractivity contribution in [2.75, 3.05) is 31.5 Å². The zero-order valence-corrected chi connectivity index (χ0v) is 12.4. The number of nitrogens with zero attached hydrogens (tertiary/aromatic N) is 2. The lowest BCUT2D eigenvalue weighted by molar-refractivity contribution is 0.303. The molecule has 0 bridgehead atoms. The van der Waals surface area contributed by atoms with Gasteiger partial charge in [-0.15, -0.1) is 0 Å². The maximum Gasteiger partial charge on any atom is 0.0456 e. The molecule has 0 atom stereocenters. The van der Waals surface area contributed by atoms with Crippen LogP contribution >= 0.6 is 0 Å². The topological polar surface area (TPSA) is 28.2 Å². The van der Waals surface area contributed by atoms with E-state index >= 15 is 0 Å². The number of pyridine rings is 1. The van der Waals surface area contributed by atoms with Crippen molar-refractivity contribution in [1.29, 1.82) is 0 Å². The van der Waals surface area contributed by atoms with Crippen molar-refractivity contribution in [2.24, 2.45) is 0 Å². The molecule has 1 N–H and O–H groups in total. The largest absolute Gasteiger partial charge is 0.385 e. The number of hydrogen-bond acceptors (Lipinski definition) is 3. The van der Waals surface area contributed by atoms with Crippen LogP contribution < -0.4 is 5.32 Å². The van der Waals surface area contributed by atoms with Crippen molar-refractivity contribution in [3.05, 3.63) is 23.5 Å². The number of rotatable bonds is 7. The third-order valence-electron chi connectivity index (χ3n) is 4.10. The van der Waals surface area contributed by atoms with E-state index in [1.165, 1.54) is 49.2 Å². The van der Waals surface area contributed by atoms with E-state index in [9.17, 15) is 0 Å². The van der Waals surface area contributed by atoms with Gasteiger partial charge in [-0.1, -0.05) is 13.8 Å². The van der Waals surface area contributed by atoms with E-state index in [-0.39, 0.29) is 0 Å². The highest BCUT2D eigenvalue weighted by Crippen LogP contribution is 2.25. The third-order valence-corrected chi connectivity index (χ3v) is 4.10. The van der Waals surface area contributed by atoms with Gasteiger partial charge in [0.1, 0.15) is 0 Å². The monoisotopic (exact) mass is 261 g/mol. The Hall–Kier alpha value is -1.09. The van der Waals surface area contributed by atoms with Gasteiger partial charge in [-0.2, -0.15) is 0 Å². The quantitative estimate of drug-likeness (QED) is 0.764. The Balaban J connectivity index is 1.83. The Morgan fingerprint density at radius 2 is 2.00 bits per heavy atom. The average molecular weight is 261 g/mol. The summed E-state index contributed by atoms with van der Waals surface area (Å²) in [6.07, 6.45) is 8.12. The van der Waals surface area contributed by atoms with Gasteiger partial charge in [0.15, 0.2) is 0 Å². The fourth-order valence-corrected chi connectivity index (χ4v) is 2.86. The number of anilines is 1. The molecule has 0 unspecified atom stereocenters. The van der Waals surface area contributed by atoms with Crippen molar-refractivity contribution in [2.45, 2.75) is 46.0 Å². The van der Waals surface area contributed by atoms with Crippen LogP contribution in [0, 0.1) is 0 Å². The standard InChI is InChI=1S/C16H27N3/c1-3-19(4-2)13-7-11-17-16-10-12-18-15-9-6-5-8-14(15)16/h10,12H,3-9,11,13H2,1-2H3,(H,17,18). The molecule has 0 saturated carbocycles. The average Bonchev–Trinajstić information content (AvgIpc) is 2.47. The molecule has 1 heterocycles. The van der Waals surface area contributed by atoms with E-state index in [2.05, 4.69) is 35.1 Å². The molecule has 106 valence electrons. The molecule has 0 saturated heterocycles. The van der Waals surface area contributed by atoms with Gasteiger partial charge >= 0.3 is 0 Å². The molecule has 0 radical (unpaired) electrons. The molecule has 0 amide bonds. The van der Waals surface area contributed by atoms with Gasteiger partial charge in [-0.3, -0.25) is 4.98 Å². The fraction of sp³-hybridized carbons (Fsp3) is 0.688. The molecule has 19 heavy (non-hydrogen) atoms. The van der Waals surface area contributed by atoms with Crippen molar-refractivity contribution >= 4 is 5.69 Å². The van der Waals surface area contributed by atoms with Gasteiger partial charge in [0.2, 0.25) is 0 Å². The van der Waals surface area contributed by atoms with Gasteiger partial charge in [-0.25, -0.2) is 0 Å². The lowest BCUT2D eigenvalue weighted by Crippen LogP contribution is -2.25. The predicted molar refractivity (Wildman–Crippen MR) is 81.8 cm³/mol. The van der Waals surface area contributed by atoms with Crippen LogP contribution in [0.1, 0.15) is 44.4 Å². The molecular formula is C16H27N3. The number of aryl methyl sites for hydroxylation is 1. The summed E-state index contributed by atoms with van der Waals surface area (Å²) in [5.74, 6) is 0. The predicted octanol–water partition coefficient (Wildman–Crippen LogP) is 3.10. The van der Waals surface area contributed by atoms with Crippen molar-refractivity contribution < 1.29 is 0 Å².